The van der Waals surface area contributed by atoms with Crippen LogP contribution in [-0.2, 0) is 17.9 Å². The summed E-state index contributed by atoms with van der Waals surface area (Å²) in [5, 5.41) is 4.36. The number of carbonyl (C=O) groups excluding carboxylic acids is 1. The first-order valence-corrected chi connectivity index (χ1v) is 11.4. The van der Waals surface area contributed by atoms with Crippen LogP contribution in [0.25, 0.3) is 21.9 Å². The normalized spacial score (nSPS) is 11.3. The highest BCUT2D eigenvalue weighted by Crippen LogP contribution is 2.27. The average molecular weight is 471 g/mol. The molecule has 34 heavy (non-hydrogen) atoms. The molecule has 0 aliphatic rings. The minimum Gasteiger partial charge on any atom is -0.325 e. The van der Waals surface area contributed by atoms with E-state index in [9.17, 15) is 9.59 Å². The van der Waals surface area contributed by atoms with E-state index in [2.05, 4.69) is 10.3 Å². The summed E-state index contributed by atoms with van der Waals surface area (Å²) in [5.41, 5.74) is 5.25. The summed E-state index contributed by atoms with van der Waals surface area (Å²) in [6.07, 6.45) is 1.55. The van der Waals surface area contributed by atoms with Crippen molar-refractivity contribution >= 4 is 45.1 Å². The zero-order valence-corrected chi connectivity index (χ0v) is 19.6. The lowest BCUT2D eigenvalue weighted by Gasteiger charge is -2.10. The summed E-state index contributed by atoms with van der Waals surface area (Å²) in [6.45, 7) is 4.26. The van der Waals surface area contributed by atoms with Crippen LogP contribution in [-0.4, -0.2) is 20.0 Å². The molecule has 0 radical (unpaired) electrons. The fourth-order valence-electron chi connectivity index (χ4n) is 4.18. The Morgan fingerprint density at radius 1 is 1.00 bits per heavy atom. The van der Waals surface area contributed by atoms with Crippen LogP contribution in [0, 0.1) is 13.8 Å². The van der Waals surface area contributed by atoms with Gasteiger partial charge in [0.05, 0.1) is 18.4 Å². The summed E-state index contributed by atoms with van der Waals surface area (Å²) in [7, 11) is 0. The molecule has 5 rings (SSSR count). The minimum absolute atomic E-state index is 0.00996. The topological polar surface area (TPSA) is 68.9 Å². The quantitative estimate of drug-likeness (QED) is 0.378. The number of hydrogen-bond donors (Lipinski definition) is 1. The zero-order chi connectivity index (χ0) is 23.8. The molecule has 0 spiro atoms. The molecule has 2 heterocycles. The van der Waals surface area contributed by atoms with Gasteiger partial charge in [-0.15, -0.1) is 0 Å². The predicted octanol–water partition coefficient (Wildman–Crippen LogP) is 5.31. The Morgan fingerprint density at radius 3 is 2.50 bits per heavy atom. The summed E-state index contributed by atoms with van der Waals surface area (Å²) in [4.78, 5) is 31.2. The smallest absolute Gasteiger partial charge is 0.278 e. The number of halogens is 1. The van der Waals surface area contributed by atoms with Crippen LogP contribution in [0.2, 0.25) is 5.02 Å². The maximum absolute atomic E-state index is 13.6. The molecule has 0 fully saturated rings. The van der Waals surface area contributed by atoms with Gasteiger partial charge >= 0.3 is 0 Å². The minimum atomic E-state index is -0.220. The molecule has 0 bridgehead atoms. The van der Waals surface area contributed by atoms with E-state index in [0.717, 1.165) is 27.6 Å². The van der Waals surface area contributed by atoms with Crippen molar-refractivity contribution in [2.24, 2.45) is 0 Å². The van der Waals surface area contributed by atoms with Crippen molar-refractivity contribution in [2.75, 3.05) is 5.32 Å². The van der Waals surface area contributed by atoms with Crippen molar-refractivity contribution in [1.29, 1.82) is 0 Å². The first-order valence-electron chi connectivity index (χ1n) is 11.0. The molecular formula is C27H23ClN4O2. The third kappa shape index (κ3) is 4.08. The van der Waals surface area contributed by atoms with Crippen LogP contribution in [0.15, 0.2) is 77.9 Å². The Hall–Kier alpha value is -3.90. The number of carbonyl (C=O) groups is 1. The largest absolute Gasteiger partial charge is 0.325 e. The lowest BCUT2D eigenvalue weighted by molar-refractivity contribution is -0.116. The summed E-state index contributed by atoms with van der Waals surface area (Å²) >= 11 is 6.32. The first-order chi connectivity index (χ1) is 16.4. The Kier molecular flexibility index (Phi) is 5.67. The maximum atomic E-state index is 13.6. The van der Waals surface area contributed by atoms with Gasteiger partial charge in [-0.25, -0.2) is 4.98 Å². The van der Waals surface area contributed by atoms with Gasteiger partial charge in [0.15, 0.2) is 0 Å². The molecule has 170 valence electrons. The monoisotopic (exact) mass is 470 g/mol. The lowest BCUT2D eigenvalue weighted by Crippen LogP contribution is -2.25. The summed E-state index contributed by atoms with van der Waals surface area (Å²) < 4.78 is 3.29. The van der Waals surface area contributed by atoms with E-state index in [1.165, 1.54) is 4.57 Å². The Labute approximate surface area is 201 Å². The number of anilines is 1. The van der Waals surface area contributed by atoms with E-state index >= 15 is 0 Å². The second-order valence-corrected chi connectivity index (χ2v) is 8.89. The SMILES string of the molecule is Cc1ccc(NC(=O)Cn2c3ccc(C)cc3c3ncn(Cc4ccccc4Cl)c(=O)c32)cc1. The molecular weight excluding hydrogens is 448 g/mol. The molecule has 0 aliphatic heterocycles. The van der Waals surface area contributed by atoms with Crippen molar-refractivity contribution < 1.29 is 4.79 Å². The molecule has 0 atom stereocenters. The van der Waals surface area contributed by atoms with E-state index in [1.54, 1.807) is 17.0 Å². The molecule has 2 aromatic heterocycles. The first kappa shape index (κ1) is 21.9. The highest BCUT2D eigenvalue weighted by atomic mass is 35.5. The molecule has 1 N–H and O–H groups in total. The predicted molar refractivity (Wildman–Crippen MR) is 137 cm³/mol. The van der Waals surface area contributed by atoms with Crippen molar-refractivity contribution in [3.8, 4) is 0 Å². The van der Waals surface area contributed by atoms with Gasteiger partial charge in [0.25, 0.3) is 5.56 Å². The van der Waals surface area contributed by atoms with Gasteiger partial charge in [0.1, 0.15) is 17.6 Å². The molecule has 7 heteroatoms. The molecule has 5 aromatic rings. The number of hydrogen-bond acceptors (Lipinski definition) is 3. The van der Waals surface area contributed by atoms with Gasteiger partial charge in [-0.05, 0) is 49.7 Å². The second kappa shape index (κ2) is 8.80. The van der Waals surface area contributed by atoms with Gasteiger partial charge in [0, 0.05) is 16.1 Å². The third-order valence-electron chi connectivity index (χ3n) is 5.92. The van der Waals surface area contributed by atoms with Crippen molar-refractivity contribution in [3.63, 3.8) is 0 Å². The highest BCUT2D eigenvalue weighted by molar-refractivity contribution is 6.31. The number of aromatic nitrogens is 3. The summed E-state index contributed by atoms with van der Waals surface area (Å²) in [5.74, 6) is -0.218. The van der Waals surface area contributed by atoms with Gasteiger partial charge in [0.2, 0.25) is 5.91 Å². The van der Waals surface area contributed by atoms with Gasteiger partial charge in [-0.1, -0.05) is 59.1 Å². The molecule has 0 aliphatic carbocycles. The number of fused-ring (bicyclic) bond motifs is 3. The zero-order valence-electron chi connectivity index (χ0n) is 18.9. The van der Waals surface area contributed by atoms with Gasteiger partial charge in [-0.2, -0.15) is 0 Å². The molecule has 0 unspecified atom stereocenters. The fraction of sp³-hybridized carbons (Fsp3) is 0.148. The Bertz CT molecular complexity index is 1600. The van der Waals surface area contributed by atoms with Crippen molar-refractivity contribution in [3.05, 3.63) is 105 Å². The van der Waals surface area contributed by atoms with Crippen LogP contribution in [0.1, 0.15) is 16.7 Å². The standard InChI is InChI=1S/C27H23ClN4O2/c1-17-7-10-20(11-8-17)30-24(33)15-32-23-12-9-18(2)13-21(23)25-26(32)27(34)31(16-29-25)14-19-5-3-4-6-22(19)28/h3-13,16H,14-15H2,1-2H3,(H,30,33). The molecule has 0 saturated carbocycles. The van der Waals surface area contributed by atoms with Gasteiger partial charge < -0.3 is 9.88 Å². The summed E-state index contributed by atoms with van der Waals surface area (Å²) in [6, 6.07) is 20.9. The van der Waals surface area contributed by atoms with Crippen molar-refractivity contribution in [1.82, 2.24) is 14.1 Å². The molecule has 1 amide bonds. The lowest BCUT2D eigenvalue weighted by atomic mass is 10.1. The number of nitrogens with zero attached hydrogens (tertiary/aromatic N) is 3. The van der Waals surface area contributed by atoms with Crippen LogP contribution in [0.3, 0.4) is 0 Å². The van der Waals surface area contributed by atoms with E-state index < -0.39 is 0 Å². The molecule has 3 aromatic carbocycles. The van der Waals surface area contributed by atoms with Gasteiger partial charge in [-0.3, -0.25) is 14.2 Å². The van der Waals surface area contributed by atoms with E-state index in [-0.39, 0.29) is 24.6 Å². The average Bonchev–Trinajstić information content (AvgIpc) is 3.11. The number of aryl methyl sites for hydroxylation is 2. The van der Waals surface area contributed by atoms with Crippen molar-refractivity contribution in [2.45, 2.75) is 26.9 Å². The van der Waals surface area contributed by atoms with Crippen LogP contribution >= 0.6 is 11.6 Å². The number of amides is 1. The Balaban J connectivity index is 1.61. The number of benzene rings is 3. The third-order valence-corrected chi connectivity index (χ3v) is 6.29. The van der Waals surface area contributed by atoms with E-state index in [1.807, 2.05) is 74.5 Å². The molecule has 6 nitrogen and oxygen atoms in total. The van der Waals surface area contributed by atoms with Crippen LogP contribution < -0.4 is 10.9 Å². The second-order valence-electron chi connectivity index (χ2n) is 8.49. The molecule has 0 saturated heterocycles. The van der Waals surface area contributed by atoms with Crippen LogP contribution in [0.5, 0.6) is 0 Å². The number of nitrogens with one attached hydrogen (secondary N) is 1. The highest BCUT2D eigenvalue weighted by Gasteiger charge is 2.19. The number of rotatable bonds is 5. The van der Waals surface area contributed by atoms with E-state index in [0.29, 0.717) is 21.7 Å². The Morgan fingerprint density at radius 2 is 1.74 bits per heavy atom. The fourth-order valence-corrected chi connectivity index (χ4v) is 4.38. The van der Waals surface area contributed by atoms with E-state index in [4.69, 9.17) is 11.6 Å². The van der Waals surface area contributed by atoms with Crippen LogP contribution in [0.4, 0.5) is 5.69 Å². The maximum Gasteiger partial charge on any atom is 0.278 e.